The van der Waals surface area contributed by atoms with Gasteiger partial charge < -0.3 is 0 Å². The molecule has 3 nitrogen and oxygen atoms in total. The molecule has 1 aromatic heterocycles. The molecule has 0 N–H and O–H groups in total. The molecule has 0 unspecified atom stereocenters. The van der Waals surface area contributed by atoms with Crippen LogP contribution >= 0.6 is 0 Å². The number of fused-ring (bicyclic) bond motifs is 1. The molecule has 0 fully saturated rings. The summed E-state index contributed by atoms with van der Waals surface area (Å²) in [5.74, 6) is 0.758. The molecular weight excluding hydrogens is 257 g/mol. The van der Waals surface area contributed by atoms with E-state index in [9.17, 15) is 4.79 Å². The maximum absolute atomic E-state index is 10.7. The third-order valence-electron chi connectivity index (χ3n) is 2.14. The molecule has 0 saturated carbocycles. The second-order valence-corrected chi connectivity index (χ2v) is 3.87. The van der Waals surface area contributed by atoms with Crippen LogP contribution in [0.3, 0.4) is 0 Å². The van der Waals surface area contributed by atoms with Crippen LogP contribution in [0.25, 0.3) is 10.9 Å². The molecular formula is C11H8NO2Se. The van der Waals surface area contributed by atoms with Crippen LogP contribution in [0.5, 0.6) is 5.75 Å². The van der Waals surface area contributed by atoms with Gasteiger partial charge in [-0.1, -0.05) is 0 Å². The van der Waals surface area contributed by atoms with Crippen LogP contribution in [0.1, 0.15) is 10.4 Å². The van der Waals surface area contributed by atoms with Crippen LogP contribution in [-0.4, -0.2) is 34.4 Å². The van der Waals surface area contributed by atoms with Gasteiger partial charge in [-0.05, 0) is 0 Å². The number of aromatic nitrogens is 1. The number of hydrogen-bond acceptors (Lipinski definition) is 3. The Kier molecular flexibility index (Phi) is 2.71. The van der Waals surface area contributed by atoms with Crippen molar-refractivity contribution in [1.29, 1.82) is 0 Å². The molecule has 4 heteroatoms. The van der Waals surface area contributed by atoms with Crippen LogP contribution in [0.4, 0.5) is 0 Å². The quantitative estimate of drug-likeness (QED) is 0.597. The Bertz CT molecular complexity index is 525. The fraction of sp³-hybridized carbons (Fsp3) is 0.0909. The molecule has 0 spiro atoms. The number of carbonyl (C=O) groups excluding carboxylic acids is 1. The van der Waals surface area contributed by atoms with Crippen LogP contribution in [0.15, 0.2) is 24.3 Å². The fourth-order valence-corrected chi connectivity index (χ4v) is 1.79. The van der Waals surface area contributed by atoms with E-state index >= 15 is 0 Å². The molecule has 2 rings (SSSR count). The summed E-state index contributed by atoms with van der Waals surface area (Å²) in [5, 5.41) is 0.928. The molecule has 0 amide bonds. The van der Waals surface area contributed by atoms with Gasteiger partial charge in [0.15, 0.2) is 0 Å². The number of nitrogens with zero attached hydrogens (tertiary/aromatic N) is 1. The molecule has 0 aliphatic carbocycles. The zero-order valence-electron chi connectivity index (χ0n) is 8.06. The number of pyridine rings is 1. The first-order valence-corrected chi connectivity index (χ1v) is 5.21. The molecule has 0 aliphatic heterocycles. The maximum atomic E-state index is 10.7. The van der Waals surface area contributed by atoms with Crippen molar-refractivity contribution in [2.24, 2.45) is 0 Å². The van der Waals surface area contributed by atoms with Gasteiger partial charge in [-0.3, -0.25) is 0 Å². The van der Waals surface area contributed by atoms with Gasteiger partial charge in [0.05, 0.1) is 0 Å². The molecule has 1 aromatic carbocycles. The SMILES string of the molecule is COc1ccc2cc(C=O)c([Se])nc2c1. The Morgan fingerprint density at radius 3 is 2.87 bits per heavy atom. The summed E-state index contributed by atoms with van der Waals surface area (Å²) >= 11 is 2.77. The predicted molar refractivity (Wildman–Crippen MR) is 59.1 cm³/mol. The van der Waals surface area contributed by atoms with Crippen molar-refractivity contribution in [3.05, 3.63) is 29.8 Å². The molecule has 2 aromatic rings. The Morgan fingerprint density at radius 1 is 1.40 bits per heavy atom. The van der Waals surface area contributed by atoms with E-state index in [4.69, 9.17) is 4.74 Å². The third-order valence-corrected chi connectivity index (χ3v) is 2.83. The first-order chi connectivity index (χ1) is 7.24. The summed E-state index contributed by atoms with van der Waals surface area (Å²) in [7, 11) is 1.61. The third kappa shape index (κ3) is 1.87. The number of rotatable bonds is 2. The normalized spacial score (nSPS) is 10.2. The van der Waals surface area contributed by atoms with Crippen LogP contribution < -0.4 is 9.33 Å². The van der Waals surface area contributed by atoms with Gasteiger partial charge in [-0.15, -0.1) is 0 Å². The van der Waals surface area contributed by atoms with E-state index in [0.717, 1.165) is 22.9 Å². The number of benzene rings is 1. The molecule has 0 saturated heterocycles. The van der Waals surface area contributed by atoms with E-state index in [2.05, 4.69) is 21.0 Å². The Morgan fingerprint density at radius 2 is 2.20 bits per heavy atom. The predicted octanol–water partition coefficient (Wildman–Crippen LogP) is 0.850. The van der Waals surface area contributed by atoms with Gasteiger partial charge in [-0.2, -0.15) is 0 Å². The van der Waals surface area contributed by atoms with Crippen molar-refractivity contribution in [2.75, 3.05) is 7.11 Å². The summed E-state index contributed by atoms with van der Waals surface area (Å²) in [4.78, 5) is 15.0. The summed E-state index contributed by atoms with van der Waals surface area (Å²) in [6, 6.07) is 7.37. The number of aldehydes is 1. The first-order valence-electron chi connectivity index (χ1n) is 4.35. The number of hydrogen-bond donors (Lipinski definition) is 0. The van der Waals surface area contributed by atoms with Crippen molar-refractivity contribution in [3.63, 3.8) is 0 Å². The van der Waals surface area contributed by atoms with Gasteiger partial charge in [0, 0.05) is 0 Å². The Balaban J connectivity index is 2.70. The minimum atomic E-state index is 0.577. The Labute approximate surface area is 95.3 Å². The second kappa shape index (κ2) is 4.01. The van der Waals surface area contributed by atoms with E-state index in [1.807, 2.05) is 18.2 Å². The molecule has 1 radical (unpaired) electrons. The molecule has 0 atom stereocenters. The molecule has 75 valence electrons. The molecule has 1 heterocycles. The van der Waals surface area contributed by atoms with Crippen molar-refractivity contribution < 1.29 is 9.53 Å². The summed E-state index contributed by atoms with van der Waals surface area (Å²) in [5.41, 5.74) is 1.39. The average Bonchev–Trinajstić information content (AvgIpc) is 2.27. The van der Waals surface area contributed by atoms with E-state index < -0.39 is 0 Å². The number of carbonyl (C=O) groups is 1. The minimum absolute atomic E-state index is 0.577. The molecule has 0 aliphatic rings. The number of ether oxygens (including phenoxy) is 1. The van der Waals surface area contributed by atoms with E-state index in [1.54, 1.807) is 13.2 Å². The van der Waals surface area contributed by atoms with Crippen molar-refractivity contribution >= 4 is 37.8 Å². The van der Waals surface area contributed by atoms with Crippen molar-refractivity contribution in [3.8, 4) is 5.75 Å². The van der Waals surface area contributed by atoms with Gasteiger partial charge in [0.2, 0.25) is 0 Å². The van der Waals surface area contributed by atoms with Crippen LogP contribution in [0, 0.1) is 0 Å². The average molecular weight is 265 g/mol. The van der Waals surface area contributed by atoms with Crippen LogP contribution in [-0.2, 0) is 0 Å². The van der Waals surface area contributed by atoms with Crippen LogP contribution in [0.2, 0.25) is 0 Å². The zero-order chi connectivity index (χ0) is 10.8. The van der Waals surface area contributed by atoms with Gasteiger partial charge in [0.1, 0.15) is 0 Å². The Hall–Kier alpha value is -1.38. The fourth-order valence-electron chi connectivity index (χ4n) is 1.36. The monoisotopic (exact) mass is 266 g/mol. The topological polar surface area (TPSA) is 39.2 Å². The molecule has 0 bridgehead atoms. The zero-order valence-corrected chi connectivity index (χ0v) is 9.77. The second-order valence-electron chi connectivity index (χ2n) is 3.06. The first kappa shape index (κ1) is 10.1. The molecule has 15 heavy (non-hydrogen) atoms. The van der Waals surface area contributed by atoms with E-state index in [-0.39, 0.29) is 0 Å². The van der Waals surface area contributed by atoms with Crippen molar-refractivity contribution in [2.45, 2.75) is 0 Å². The standard InChI is InChI=1S/C11H8NO2Se/c1-14-9-3-2-7-4-8(6-13)11(15)12-10(7)5-9/h2-6H,1H3. The van der Waals surface area contributed by atoms with Gasteiger partial charge in [-0.25, -0.2) is 0 Å². The summed E-state index contributed by atoms with van der Waals surface area (Å²) in [6.07, 6.45) is 0.794. The number of methoxy groups -OCH3 is 1. The van der Waals surface area contributed by atoms with Gasteiger partial charge >= 0.3 is 95.0 Å². The van der Waals surface area contributed by atoms with E-state index in [1.165, 1.54) is 0 Å². The summed E-state index contributed by atoms with van der Waals surface area (Å²) < 4.78 is 5.72. The summed E-state index contributed by atoms with van der Waals surface area (Å²) in [6.45, 7) is 0. The van der Waals surface area contributed by atoms with E-state index in [0.29, 0.717) is 10.2 Å². The van der Waals surface area contributed by atoms with Gasteiger partial charge in [0.25, 0.3) is 0 Å². The van der Waals surface area contributed by atoms with Crippen molar-refractivity contribution in [1.82, 2.24) is 4.98 Å².